The molecule has 1 atom stereocenters. The van der Waals surface area contributed by atoms with Crippen LogP contribution in [0.25, 0.3) is 0 Å². The highest BCUT2D eigenvalue weighted by molar-refractivity contribution is 5.19. The molecule has 0 spiro atoms. The number of hydrogen-bond acceptors (Lipinski definition) is 2. The minimum Gasteiger partial charge on any atom is -0.388 e. The van der Waals surface area contributed by atoms with E-state index in [1.54, 1.807) is 12.4 Å². The predicted molar refractivity (Wildman–Crippen MR) is 48.8 cm³/mol. The molecule has 1 aromatic heterocycles. The summed E-state index contributed by atoms with van der Waals surface area (Å²) in [6, 6.07) is 1.97. The van der Waals surface area contributed by atoms with Gasteiger partial charge in [-0.05, 0) is 24.0 Å². The maximum absolute atomic E-state index is 9.68. The Bertz CT molecular complexity index is 258. The summed E-state index contributed by atoms with van der Waals surface area (Å²) in [5.41, 5.74) is 2.00. The van der Waals surface area contributed by atoms with Crippen LogP contribution in [0.1, 0.15) is 31.1 Å². The van der Waals surface area contributed by atoms with Crippen molar-refractivity contribution in [1.82, 2.24) is 4.98 Å². The summed E-state index contributed by atoms with van der Waals surface area (Å²) in [7, 11) is 0. The maximum Gasteiger partial charge on any atom is 0.0827 e. The topological polar surface area (TPSA) is 33.1 Å². The van der Waals surface area contributed by atoms with Gasteiger partial charge in [-0.1, -0.05) is 19.9 Å². The molecule has 0 aliphatic heterocycles. The molecule has 66 valence electrons. The summed E-state index contributed by atoms with van der Waals surface area (Å²) in [6.07, 6.45) is 3.12. The zero-order valence-corrected chi connectivity index (χ0v) is 7.78. The SMILES string of the molecule is Cc1cncc(C(O)C(C)C)c1. The average Bonchev–Trinajstić information content (AvgIpc) is 2.03. The summed E-state index contributed by atoms with van der Waals surface area (Å²) < 4.78 is 0. The zero-order valence-electron chi connectivity index (χ0n) is 7.78. The molecule has 1 rings (SSSR count). The quantitative estimate of drug-likeness (QED) is 0.727. The van der Waals surface area contributed by atoms with E-state index >= 15 is 0 Å². The summed E-state index contributed by atoms with van der Waals surface area (Å²) in [5, 5.41) is 9.68. The molecule has 12 heavy (non-hydrogen) atoms. The molecule has 0 aliphatic rings. The van der Waals surface area contributed by atoms with Crippen LogP contribution in [-0.2, 0) is 0 Å². The number of aromatic nitrogens is 1. The standard InChI is InChI=1S/C10H15NO/c1-7(2)10(12)9-4-8(3)5-11-6-9/h4-7,10,12H,1-3H3. The molecule has 1 unspecified atom stereocenters. The van der Waals surface area contributed by atoms with Crippen molar-refractivity contribution in [3.63, 3.8) is 0 Å². The van der Waals surface area contributed by atoms with Crippen molar-refractivity contribution in [3.8, 4) is 0 Å². The largest absolute Gasteiger partial charge is 0.388 e. The van der Waals surface area contributed by atoms with E-state index in [4.69, 9.17) is 0 Å². The minimum atomic E-state index is -0.391. The van der Waals surface area contributed by atoms with E-state index in [1.165, 1.54) is 0 Å². The second-order valence-corrected chi connectivity index (χ2v) is 3.48. The van der Waals surface area contributed by atoms with Crippen molar-refractivity contribution < 1.29 is 5.11 Å². The Morgan fingerprint density at radius 2 is 2.00 bits per heavy atom. The Kier molecular flexibility index (Phi) is 2.82. The third-order valence-electron chi connectivity index (χ3n) is 1.87. The van der Waals surface area contributed by atoms with Crippen LogP contribution < -0.4 is 0 Å². The molecule has 2 heteroatoms. The lowest BCUT2D eigenvalue weighted by Crippen LogP contribution is -2.05. The Hall–Kier alpha value is -0.890. The van der Waals surface area contributed by atoms with Gasteiger partial charge in [-0.3, -0.25) is 4.98 Å². The van der Waals surface area contributed by atoms with Crippen molar-refractivity contribution in [2.75, 3.05) is 0 Å². The average molecular weight is 165 g/mol. The monoisotopic (exact) mass is 165 g/mol. The molecule has 0 aliphatic carbocycles. The van der Waals surface area contributed by atoms with Gasteiger partial charge in [0.2, 0.25) is 0 Å². The van der Waals surface area contributed by atoms with E-state index in [0.29, 0.717) is 0 Å². The maximum atomic E-state index is 9.68. The van der Waals surface area contributed by atoms with Gasteiger partial charge in [0.25, 0.3) is 0 Å². The number of hydrogen-bond donors (Lipinski definition) is 1. The van der Waals surface area contributed by atoms with Crippen molar-refractivity contribution >= 4 is 0 Å². The van der Waals surface area contributed by atoms with Gasteiger partial charge in [-0.25, -0.2) is 0 Å². The van der Waals surface area contributed by atoms with E-state index in [1.807, 2.05) is 26.8 Å². The van der Waals surface area contributed by atoms with Gasteiger partial charge in [0, 0.05) is 12.4 Å². The summed E-state index contributed by atoms with van der Waals surface area (Å²) in [6.45, 7) is 5.96. The van der Waals surface area contributed by atoms with Crippen LogP contribution in [0.5, 0.6) is 0 Å². The Labute approximate surface area is 73.3 Å². The first-order chi connectivity index (χ1) is 5.61. The Balaban J connectivity index is 2.88. The molecule has 0 saturated carbocycles. The number of rotatable bonds is 2. The molecule has 0 radical (unpaired) electrons. The van der Waals surface area contributed by atoms with Crippen LogP contribution >= 0.6 is 0 Å². The minimum absolute atomic E-state index is 0.244. The normalized spacial score (nSPS) is 13.4. The lowest BCUT2D eigenvalue weighted by atomic mass is 10.00. The van der Waals surface area contributed by atoms with Crippen LogP contribution in [0.15, 0.2) is 18.5 Å². The van der Waals surface area contributed by atoms with Crippen molar-refractivity contribution in [2.24, 2.45) is 5.92 Å². The first-order valence-corrected chi connectivity index (χ1v) is 4.21. The smallest absolute Gasteiger partial charge is 0.0827 e. The molecule has 0 fully saturated rings. The first-order valence-electron chi connectivity index (χ1n) is 4.21. The zero-order chi connectivity index (χ0) is 9.14. The van der Waals surface area contributed by atoms with E-state index in [-0.39, 0.29) is 5.92 Å². The predicted octanol–water partition coefficient (Wildman–Crippen LogP) is 2.08. The summed E-state index contributed by atoms with van der Waals surface area (Å²) in [4.78, 5) is 4.03. The van der Waals surface area contributed by atoms with Crippen LogP contribution in [0.2, 0.25) is 0 Å². The van der Waals surface area contributed by atoms with Crippen molar-refractivity contribution in [1.29, 1.82) is 0 Å². The molecular formula is C10H15NO. The number of aryl methyl sites for hydroxylation is 1. The molecule has 2 nitrogen and oxygen atoms in total. The number of nitrogens with zero attached hydrogens (tertiary/aromatic N) is 1. The summed E-state index contributed by atoms with van der Waals surface area (Å²) in [5.74, 6) is 0.244. The van der Waals surface area contributed by atoms with Gasteiger partial charge < -0.3 is 5.11 Å². The van der Waals surface area contributed by atoms with E-state index < -0.39 is 6.10 Å². The third kappa shape index (κ3) is 2.05. The van der Waals surface area contributed by atoms with Gasteiger partial charge in [-0.2, -0.15) is 0 Å². The number of aliphatic hydroxyl groups is 1. The van der Waals surface area contributed by atoms with Crippen LogP contribution in [-0.4, -0.2) is 10.1 Å². The molecule has 0 saturated heterocycles. The fourth-order valence-corrected chi connectivity index (χ4v) is 1.12. The molecule has 0 amide bonds. The van der Waals surface area contributed by atoms with E-state index in [2.05, 4.69) is 4.98 Å². The van der Waals surface area contributed by atoms with E-state index in [9.17, 15) is 5.11 Å². The molecular weight excluding hydrogens is 150 g/mol. The Morgan fingerprint density at radius 3 is 2.50 bits per heavy atom. The van der Waals surface area contributed by atoms with Crippen LogP contribution in [0.3, 0.4) is 0 Å². The van der Waals surface area contributed by atoms with Crippen molar-refractivity contribution in [3.05, 3.63) is 29.6 Å². The highest BCUT2D eigenvalue weighted by atomic mass is 16.3. The number of aliphatic hydroxyl groups excluding tert-OH is 1. The molecule has 0 bridgehead atoms. The van der Waals surface area contributed by atoms with Gasteiger partial charge in [0.1, 0.15) is 0 Å². The fourth-order valence-electron chi connectivity index (χ4n) is 1.12. The molecule has 1 aromatic rings. The van der Waals surface area contributed by atoms with E-state index in [0.717, 1.165) is 11.1 Å². The number of pyridine rings is 1. The van der Waals surface area contributed by atoms with Crippen molar-refractivity contribution in [2.45, 2.75) is 26.9 Å². The fraction of sp³-hybridized carbons (Fsp3) is 0.500. The lowest BCUT2D eigenvalue weighted by molar-refractivity contribution is 0.126. The summed E-state index contributed by atoms with van der Waals surface area (Å²) >= 11 is 0. The Morgan fingerprint density at radius 1 is 1.33 bits per heavy atom. The van der Waals surface area contributed by atoms with Crippen LogP contribution in [0.4, 0.5) is 0 Å². The molecule has 1 N–H and O–H groups in total. The van der Waals surface area contributed by atoms with Gasteiger partial charge >= 0.3 is 0 Å². The van der Waals surface area contributed by atoms with Gasteiger partial charge in [-0.15, -0.1) is 0 Å². The first kappa shape index (κ1) is 9.20. The highest BCUT2D eigenvalue weighted by Crippen LogP contribution is 2.20. The highest BCUT2D eigenvalue weighted by Gasteiger charge is 2.11. The van der Waals surface area contributed by atoms with Crippen LogP contribution in [0, 0.1) is 12.8 Å². The molecule has 1 heterocycles. The second kappa shape index (κ2) is 3.68. The lowest BCUT2D eigenvalue weighted by Gasteiger charge is -2.14. The van der Waals surface area contributed by atoms with Gasteiger partial charge in [0.15, 0.2) is 0 Å². The van der Waals surface area contributed by atoms with Gasteiger partial charge in [0.05, 0.1) is 6.10 Å². The molecule has 0 aromatic carbocycles. The third-order valence-corrected chi connectivity index (χ3v) is 1.87. The second-order valence-electron chi connectivity index (χ2n) is 3.48.